The zero-order chi connectivity index (χ0) is 22.9. The third-order valence-electron chi connectivity index (χ3n) is 4.29. The number of rotatable bonds is 5. The number of allylic oxidation sites excluding steroid dienone is 9. The molecule has 0 saturated heterocycles. The normalized spacial score (nSPS) is 15.6. The number of benzene rings is 1. The number of hydrogen-bond donors (Lipinski definition) is 1. The molecule has 0 spiro atoms. The Kier molecular flexibility index (Phi) is 12.8. The van der Waals surface area contributed by atoms with Crippen molar-refractivity contribution in [3.8, 4) is 0 Å². The second kappa shape index (κ2) is 15.4. The lowest BCUT2D eigenvalue weighted by Crippen LogP contribution is -1.83. The SMILES string of the molecule is C/C=C/Cc1ccccc1.C=CC(=C)c1noc(C)n1.CCC1=CC/C=C(/O)C/C=C\1. The maximum Gasteiger partial charge on any atom is 0.223 e. The minimum Gasteiger partial charge on any atom is -0.512 e. The standard InChI is InChI=1S/C10H14O.C10H12.C7H8N2O/c1-2-9-5-3-7-10(11)8-4-6-9;1-2-3-7-10-8-5-4-6-9-10;1-4-5(2)7-8-6(3)10-9-7/h3,5-6,8,11H,2,4,7H2,1H3;2-6,8-9H,7H2,1H3;4H,1-2H2,3H3/b5-3-,9-6?,10-8+;3-2+;. The molecule has 0 aliphatic heterocycles. The van der Waals surface area contributed by atoms with Crippen molar-refractivity contribution in [3.63, 3.8) is 0 Å². The predicted molar refractivity (Wildman–Crippen MR) is 131 cm³/mol. The zero-order valence-corrected chi connectivity index (χ0v) is 18.9. The molecule has 1 aliphatic carbocycles. The fourth-order valence-electron chi connectivity index (χ4n) is 2.48. The molecule has 0 bridgehead atoms. The molecule has 0 unspecified atom stereocenters. The number of aliphatic hydroxyl groups excluding tert-OH is 1. The second-order valence-corrected chi connectivity index (χ2v) is 6.80. The van der Waals surface area contributed by atoms with Gasteiger partial charge in [0.15, 0.2) is 0 Å². The lowest BCUT2D eigenvalue weighted by molar-refractivity contribution is 0.391. The number of aromatic nitrogens is 2. The maximum atomic E-state index is 9.15. The summed E-state index contributed by atoms with van der Waals surface area (Å²) >= 11 is 0. The molecule has 164 valence electrons. The first-order valence-electron chi connectivity index (χ1n) is 10.5. The lowest BCUT2D eigenvalue weighted by atomic mass is 10.1. The minimum atomic E-state index is 0.479. The molecule has 0 amide bonds. The van der Waals surface area contributed by atoms with E-state index >= 15 is 0 Å². The quantitative estimate of drug-likeness (QED) is 0.403. The average Bonchev–Trinajstić information content (AvgIpc) is 3.22. The summed E-state index contributed by atoms with van der Waals surface area (Å²) in [6.07, 6.45) is 17.6. The van der Waals surface area contributed by atoms with Gasteiger partial charge in [-0.3, -0.25) is 0 Å². The summed E-state index contributed by atoms with van der Waals surface area (Å²) in [5.74, 6) is 1.53. The highest BCUT2D eigenvalue weighted by Gasteiger charge is 2.01. The van der Waals surface area contributed by atoms with E-state index in [2.05, 4.69) is 78.8 Å². The molecule has 0 saturated carbocycles. The lowest BCUT2D eigenvalue weighted by Gasteiger charge is -2.01. The first-order valence-corrected chi connectivity index (χ1v) is 10.5. The molecule has 4 heteroatoms. The molecule has 0 fully saturated rings. The van der Waals surface area contributed by atoms with Gasteiger partial charge in [0.25, 0.3) is 0 Å². The Bertz CT molecular complexity index is 916. The van der Waals surface area contributed by atoms with Gasteiger partial charge in [-0.25, -0.2) is 0 Å². The summed E-state index contributed by atoms with van der Waals surface area (Å²) in [5, 5.41) is 12.8. The van der Waals surface area contributed by atoms with Crippen molar-refractivity contribution in [1.82, 2.24) is 10.1 Å². The third-order valence-corrected chi connectivity index (χ3v) is 4.29. The molecule has 3 rings (SSSR count). The molecule has 0 atom stereocenters. The highest BCUT2D eigenvalue weighted by molar-refractivity contribution is 5.65. The van der Waals surface area contributed by atoms with Gasteiger partial charge >= 0.3 is 0 Å². The van der Waals surface area contributed by atoms with Gasteiger partial charge in [0.2, 0.25) is 11.7 Å². The van der Waals surface area contributed by atoms with Crippen LogP contribution in [0.2, 0.25) is 0 Å². The summed E-state index contributed by atoms with van der Waals surface area (Å²) in [6.45, 7) is 13.1. The molecule has 1 N–H and O–H groups in total. The van der Waals surface area contributed by atoms with Gasteiger partial charge in [0, 0.05) is 18.9 Å². The van der Waals surface area contributed by atoms with E-state index in [1.807, 2.05) is 25.1 Å². The Balaban J connectivity index is 0.000000233. The maximum absolute atomic E-state index is 9.15. The second-order valence-electron chi connectivity index (χ2n) is 6.80. The van der Waals surface area contributed by atoms with Gasteiger partial charge in [-0.1, -0.05) is 97.6 Å². The van der Waals surface area contributed by atoms with E-state index in [9.17, 15) is 0 Å². The fourth-order valence-corrected chi connectivity index (χ4v) is 2.48. The molecule has 4 nitrogen and oxygen atoms in total. The van der Waals surface area contributed by atoms with Gasteiger partial charge in [0.1, 0.15) is 0 Å². The monoisotopic (exact) mass is 418 g/mol. The van der Waals surface area contributed by atoms with Gasteiger partial charge in [-0.15, -0.1) is 0 Å². The van der Waals surface area contributed by atoms with Crippen LogP contribution >= 0.6 is 0 Å². The fraction of sp³-hybridized carbons (Fsp3) is 0.259. The van der Waals surface area contributed by atoms with Crippen molar-refractivity contribution < 1.29 is 9.63 Å². The predicted octanol–water partition coefficient (Wildman–Crippen LogP) is 7.50. The topological polar surface area (TPSA) is 59.2 Å². The third kappa shape index (κ3) is 11.4. The molecule has 1 aromatic carbocycles. The minimum absolute atomic E-state index is 0.479. The molecular formula is C27H34N2O2. The van der Waals surface area contributed by atoms with Crippen LogP contribution in [-0.2, 0) is 6.42 Å². The van der Waals surface area contributed by atoms with Gasteiger partial charge in [-0.05, 0) is 37.8 Å². The smallest absolute Gasteiger partial charge is 0.223 e. The highest BCUT2D eigenvalue weighted by atomic mass is 16.5. The van der Waals surface area contributed by atoms with E-state index in [-0.39, 0.29) is 0 Å². The average molecular weight is 419 g/mol. The molecule has 1 aliphatic rings. The van der Waals surface area contributed by atoms with Crippen LogP contribution in [0.15, 0.2) is 102 Å². The summed E-state index contributed by atoms with van der Waals surface area (Å²) in [4.78, 5) is 3.93. The number of aryl methyl sites for hydroxylation is 1. The number of nitrogens with zero attached hydrogens (tertiary/aromatic N) is 2. The molecule has 1 heterocycles. The largest absolute Gasteiger partial charge is 0.512 e. The van der Waals surface area contributed by atoms with Crippen molar-refractivity contribution in [2.75, 3.05) is 0 Å². The zero-order valence-electron chi connectivity index (χ0n) is 18.9. The first kappa shape index (κ1) is 25.6. The van der Waals surface area contributed by atoms with Crippen LogP contribution in [-0.4, -0.2) is 15.2 Å². The highest BCUT2D eigenvalue weighted by Crippen LogP contribution is 2.11. The molecule has 1 aromatic heterocycles. The van der Waals surface area contributed by atoms with E-state index in [4.69, 9.17) is 9.63 Å². The van der Waals surface area contributed by atoms with Crippen molar-refractivity contribution >= 4 is 5.57 Å². The van der Waals surface area contributed by atoms with E-state index in [0.717, 1.165) is 19.3 Å². The van der Waals surface area contributed by atoms with E-state index in [1.54, 1.807) is 13.0 Å². The molecule has 2 aromatic rings. The van der Waals surface area contributed by atoms with Crippen molar-refractivity contribution in [2.45, 2.75) is 46.5 Å². The Hall–Kier alpha value is -3.40. The summed E-state index contributed by atoms with van der Waals surface area (Å²) < 4.78 is 4.72. The van der Waals surface area contributed by atoms with Gasteiger partial charge in [0.05, 0.1) is 5.76 Å². The number of hydrogen-bond acceptors (Lipinski definition) is 4. The van der Waals surface area contributed by atoms with Crippen molar-refractivity contribution in [3.05, 3.63) is 115 Å². The van der Waals surface area contributed by atoms with E-state index in [0.29, 0.717) is 29.5 Å². The Morgan fingerprint density at radius 1 is 1.23 bits per heavy atom. The van der Waals surface area contributed by atoms with Crippen molar-refractivity contribution in [1.29, 1.82) is 0 Å². The van der Waals surface area contributed by atoms with Crippen LogP contribution < -0.4 is 0 Å². The van der Waals surface area contributed by atoms with Crippen LogP contribution in [0, 0.1) is 6.92 Å². The number of aliphatic hydroxyl groups is 1. The molecule has 31 heavy (non-hydrogen) atoms. The van der Waals surface area contributed by atoms with Crippen LogP contribution in [0.1, 0.15) is 50.4 Å². The molecule has 0 radical (unpaired) electrons. The summed E-state index contributed by atoms with van der Waals surface area (Å²) in [7, 11) is 0. The Morgan fingerprint density at radius 2 is 1.97 bits per heavy atom. The summed E-state index contributed by atoms with van der Waals surface area (Å²) in [6, 6.07) is 10.5. The van der Waals surface area contributed by atoms with Crippen LogP contribution in [0.4, 0.5) is 0 Å². The Morgan fingerprint density at radius 3 is 2.55 bits per heavy atom. The summed E-state index contributed by atoms with van der Waals surface area (Å²) in [5.41, 5.74) is 3.41. The van der Waals surface area contributed by atoms with Crippen LogP contribution in [0.25, 0.3) is 5.57 Å². The van der Waals surface area contributed by atoms with Crippen LogP contribution in [0.5, 0.6) is 0 Å². The van der Waals surface area contributed by atoms with Crippen molar-refractivity contribution in [2.24, 2.45) is 0 Å². The first-order chi connectivity index (χ1) is 15.0. The Labute approximate surface area is 186 Å². The van der Waals surface area contributed by atoms with Crippen LogP contribution in [0.3, 0.4) is 0 Å². The van der Waals surface area contributed by atoms with Gasteiger partial charge in [-0.2, -0.15) is 4.98 Å². The molecular weight excluding hydrogens is 384 g/mol. The van der Waals surface area contributed by atoms with E-state index < -0.39 is 0 Å². The van der Waals surface area contributed by atoms with Gasteiger partial charge < -0.3 is 9.63 Å². The van der Waals surface area contributed by atoms with E-state index in [1.165, 1.54) is 11.1 Å².